The number of carbonyl (C=O) groups excluding carboxylic acids is 1. The monoisotopic (exact) mass is 321 g/mol. The quantitative estimate of drug-likeness (QED) is 0.766. The van der Waals surface area contributed by atoms with E-state index in [0.717, 1.165) is 0 Å². The van der Waals surface area contributed by atoms with Gasteiger partial charge in [-0.1, -0.05) is 46.6 Å². The molecule has 5 heteroatoms. The lowest BCUT2D eigenvalue weighted by Gasteiger charge is -2.29. The van der Waals surface area contributed by atoms with Crippen LogP contribution in [0.5, 0.6) is 0 Å². The highest BCUT2D eigenvalue weighted by Crippen LogP contribution is 2.27. The van der Waals surface area contributed by atoms with E-state index in [1.54, 1.807) is 24.1 Å². The molecule has 4 nitrogen and oxygen atoms in total. The summed E-state index contributed by atoms with van der Waals surface area (Å²) in [4.78, 5) is 17.7. The molecule has 0 radical (unpaired) electrons. The van der Waals surface area contributed by atoms with Crippen LogP contribution < -0.4 is 0 Å². The van der Waals surface area contributed by atoms with E-state index in [4.69, 9.17) is 0 Å². The minimum atomic E-state index is -0.382. The van der Waals surface area contributed by atoms with Crippen molar-refractivity contribution in [2.75, 3.05) is 13.6 Å². The summed E-state index contributed by atoms with van der Waals surface area (Å²) in [6.45, 7) is 11.0. The fraction of sp³-hybridized carbons (Fsp3) is 0.556. The van der Waals surface area contributed by atoms with Gasteiger partial charge in [0, 0.05) is 13.6 Å². The Morgan fingerprint density at radius 1 is 1.26 bits per heavy atom. The van der Waals surface area contributed by atoms with E-state index in [2.05, 4.69) is 18.8 Å². The zero-order valence-electron chi connectivity index (χ0n) is 15.1. The van der Waals surface area contributed by atoms with E-state index in [9.17, 15) is 9.18 Å². The maximum absolute atomic E-state index is 13.6. The summed E-state index contributed by atoms with van der Waals surface area (Å²) in [5.74, 6) is -0.211. The molecule has 1 atom stereocenters. The molecular formula is C18H28FN3O. The highest BCUT2D eigenvalue weighted by Gasteiger charge is 2.30. The zero-order chi connectivity index (χ0) is 17.6. The number of likely N-dealkylation sites (N-methyl/N-ethyl adjacent to an activating group) is 1. The molecule has 0 saturated heterocycles. The maximum atomic E-state index is 13.6. The highest BCUT2D eigenvalue weighted by atomic mass is 19.1. The van der Waals surface area contributed by atoms with Crippen LogP contribution in [0.25, 0.3) is 11.0 Å². The predicted molar refractivity (Wildman–Crippen MR) is 93.3 cm³/mol. The molecule has 3 rings (SSSR count). The van der Waals surface area contributed by atoms with Gasteiger partial charge in [-0.25, -0.2) is 9.37 Å². The third kappa shape index (κ3) is 3.89. The van der Waals surface area contributed by atoms with Gasteiger partial charge in [-0.2, -0.15) is 0 Å². The molecule has 2 heterocycles. The summed E-state index contributed by atoms with van der Waals surface area (Å²) in [7, 11) is 1.73. The summed E-state index contributed by atoms with van der Waals surface area (Å²) >= 11 is 0. The Morgan fingerprint density at radius 3 is 2.43 bits per heavy atom. The van der Waals surface area contributed by atoms with E-state index in [1.807, 2.05) is 25.3 Å². The van der Waals surface area contributed by atoms with Gasteiger partial charge in [0.25, 0.3) is 5.91 Å². The Bertz CT molecular complexity index is 649. The molecule has 0 aliphatic carbocycles. The molecule has 1 amide bonds. The first kappa shape index (κ1) is 19.1. The number of imidazole rings is 1. The van der Waals surface area contributed by atoms with Crippen LogP contribution >= 0.6 is 0 Å². The van der Waals surface area contributed by atoms with Gasteiger partial charge in [-0.3, -0.25) is 4.79 Å². The predicted octanol–water partition coefficient (Wildman–Crippen LogP) is 4.65. The third-order valence-electron chi connectivity index (χ3n) is 3.69. The number of aromatic nitrogens is 2. The van der Waals surface area contributed by atoms with Crippen molar-refractivity contribution in [2.45, 2.75) is 53.5 Å². The van der Waals surface area contributed by atoms with Crippen molar-refractivity contribution < 1.29 is 9.18 Å². The van der Waals surface area contributed by atoms with Gasteiger partial charge in [0.2, 0.25) is 5.82 Å². The minimum absolute atomic E-state index is 0.111. The lowest BCUT2D eigenvalue weighted by molar-refractivity contribution is 0.0719. The maximum Gasteiger partial charge on any atom is 0.289 e. The second-order valence-corrected chi connectivity index (χ2v) is 5.45. The number of hydrogen-bond donors (Lipinski definition) is 0. The second-order valence-electron chi connectivity index (χ2n) is 5.45. The van der Waals surface area contributed by atoms with E-state index in [1.165, 1.54) is 18.9 Å². The standard InChI is InChI=1S/C12H12FN3O.C4H10.C2H6/c1-7-6-15(2)12(17)11-14-10-8(13)4-3-5-9(10)16(7)11;1-3-4-2;1-2/h3-5,7H,6H2,1-2H3;3-4H2,1-2H3;1-2H3. The van der Waals surface area contributed by atoms with Crippen LogP contribution in [-0.2, 0) is 0 Å². The molecule has 1 aliphatic rings. The Hall–Kier alpha value is -1.91. The summed E-state index contributed by atoms with van der Waals surface area (Å²) in [5, 5.41) is 0. The van der Waals surface area contributed by atoms with Crippen molar-refractivity contribution in [1.29, 1.82) is 0 Å². The largest absolute Gasteiger partial charge is 0.337 e. The van der Waals surface area contributed by atoms with Gasteiger partial charge in [0.1, 0.15) is 5.52 Å². The smallest absolute Gasteiger partial charge is 0.289 e. The first-order valence-electron chi connectivity index (χ1n) is 8.43. The van der Waals surface area contributed by atoms with Gasteiger partial charge >= 0.3 is 0 Å². The number of nitrogens with zero attached hydrogens (tertiary/aromatic N) is 3. The molecule has 1 aliphatic heterocycles. The molecule has 0 spiro atoms. The molecule has 0 saturated carbocycles. The van der Waals surface area contributed by atoms with Gasteiger partial charge in [-0.05, 0) is 19.1 Å². The average molecular weight is 321 g/mol. The topological polar surface area (TPSA) is 38.1 Å². The molecule has 0 fully saturated rings. The van der Waals surface area contributed by atoms with Crippen LogP contribution in [0.15, 0.2) is 18.2 Å². The van der Waals surface area contributed by atoms with Gasteiger partial charge in [0.15, 0.2) is 5.82 Å². The summed E-state index contributed by atoms with van der Waals surface area (Å²) in [5.41, 5.74) is 0.965. The van der Waals surface area contributed by atoms with E-state index >= 15 is 0 Å². The van der Waals surface area contributed by atoms with Crippen LogP contribution in [0, 0.1) is 5.82 Å². The van der Waals surface area contributed by atoms with Crippen molar-refractivity contribution in [1.82, 2.24) is 14.5 Å². The SMILES string of the molecule is CC.CC1CN(C)C(=O)c2nc3c(F)cccc3n21.CCCC. The second kappa shape index (κ2) is 8.65. The van der Waals surface area contributed by atoms with Gasteiger partial charge in [0.05, 0.1) is 11.6 Å². The Labute approximate surface area is 138 Å². The molecule has 0 N–H and O–H groups in total. The van der Waals surface area contributed by atoms with Crippen molar-refractivity contribution >= 4 is 16.9 Å². The number of rotatable bonds is 1. The number of para-hydroxylation sites is 1. The normalized spacial score (nSPS) is 16.2. The molecule has 1 aromatic carbocycles. The number of unbranched alkanes of at least 4 members (excludes halogenated alkanes) is 1. The number of halogens is 1. The van der Waals surface area contributed by atoms with Gasteiger partial charge in [-0.15, -0.1) is 0 Å². The Morgan fingerprint density at radius 2 is 1.87 bits per heavy atom. The summed E-state index contributed by atoms with van der Waals surface area (Å²) < 4.78 is 15.4. The van der Waals surface area contributed by atoms with Crippen molar-refractivity contribution in [3.63, 3.8) is 0 Å². The van der Waals surface area contributed by atoms with Crippen LogP contribution in [0.4, 0.5) is 4.39 Å². The minimum Gasteiger partial charge on any atom is -0.337 e. The molecule has 2 aromatic rings. The molecule has 1 aromatic heterocycles. The lowest BCUT2D eigenvalue weighted by Crippen LogP contribution is -2.39. The summed E-state index contributed by atoms with van der Waals surface area (Å²) in [6.07, 6.45) is 2.64. The Kier molecular flexibility index (Phi) is 7.20. The number of carbonyl (C=O) groups is 1. The first-order chi connectivity index (χ1) is 11.0. The number of benzene rings is 1. The van der Waals surface area contributed by atoms with Crippen LogP contribution in [0.2, 0.25) is 0 Å². The van der Waals surface area contributed by atoms with Crippen molar-refractivity contribution in [3.8, 4) is 0 Å². The highest BCUT2D eigenvalue weighted by molar-refractivity contribution is 5.95. The fourth-order valence-electron chi connectivity index (χ4n) is 2.41. The molecule has 128 valence electrons. The van der Waals surface area contributed by atoms with Crippen LogP contribution in [0.3, 0.4) is 0 Å². The Balaban J connectivity index is 0.000000388. The van der Waals surface area contributed by atoms with E-state index in [-0.39, 0.29) is 23.3 Å². The molecule has 0 bridgehead atoms. The number of amides is 1. The van der Waals surface area contributed by atoms with Crippen molar-refractivity contribution in [2.24, 2.45) is 0 Å². The van der Waals surface area contributed by atoms with Crippen LogP contribution in [-0.4, -0.2) is 34.0 Å². The molecule has 23 heavy (non-hydrogen) atoms. The average Bonchev–Trinajstić information content (AvgIpc) is 2.96. The number of hydrogen-bond acceptors (Lipinski definition) is 2. The van der Waals surface area contributed by atoms with Crippen LogP contribution in [0.1, 0.15) is 64.1 Å². The third-order valence-corrected chi connectivity index (χ3v) is 3.69. The van der Waals surface area contributed by atoms with E-state index in [0.29, 0.717) is 17.9 Å². The van der Waals surface area contributed by atoms with E-state index < -0.39 is 0 Å². The molecule has 1 unspecified atom stereocenters. The van der Waals surface area contributed by atoms with Crippen molar-refractivity contribution in [3.05, 3.63) is 29.8 Å². The lowest BCUT2D eigenvalue weighted by atomic mass is 10.2. The fourth-order valence-corrected chi connectivity index (χ4v) is 2.41. The van der Waals surface area contributed by atoms with Gasteiger partial charge < -0.3 is 9.47 Å². The number of fused-ring (bicyclic) bond motifs is 3. The summed E-state index contributed by atoms with van der Waals surface area (Å²) in [6, 6.07) is 4.91. The zero-order valence-corrected chi connectivity index (χ0v) is 15.1. The first-order valence-corrected chi connectivity index (χ1v) is 8.43. The molecular weight excluding hydrogens is 293 g/mol.